The molecule has 2 heterocycles. The predicted octanol–water partition coefficient (Wildman–Crippen LogP) is 3.29. The Balaban J connectivity index is 1.67. The molecule has 2 aromatic carbocycles. The maximum Gasteiger partial charge on any atom is 0.262 e. The molecule has 0 saturated heterocycles. The minimum Gasteiger partial charge on any atom is -0.453 e. The highest BCUT2D eigenvalue weighted by Crippen LogP contribution is 2.33. The molecule has 0 fully saturated rings. The lowest BCUT2D eigenvalue weighted by molar-refractivity contribution is 0.0987. The van der Waals surface area contributed by atoms with Crippen molar-refractivity contribution in [2.24, 2.45) is 7.05 Å². The van der Waals surface area contributed by atoms with Crippen LogP contribution in [-0.4, -0.2) is 22.2 Å². The standard InChI is InChI=1S/C20H16N4O2/c1-23-13-16(12-22-23)26-19-5-3-2-4-17(19)20(25)24-9-8-15-7-6-14(11-21)10-18(15)24/h2-7,10,12-13H,8-9H2,1H3. The largest absolute Gasteiger partial charge is 0.453 e. The monoisotopic (exact) mass is 344 g/mol. The van der Waals surface area contributed by atoms with E-state index in [1.807, 2.05) is 18.2 Å². The van der Waals surface area contributed by atoms with Crippen LogP contribution < -0.4 is 9.64 Å². The molecular weight excluding hydrogens is 328 g/mol. The molecule has 0 atom stereocenters. The first-order valence-corrected chi connectivity index (χ1v) is 8.26. The number of hydrogen-bond donors (Lipinski definition) is 0. The molecule has 3 aromatic rings. The zero-order chi connectivity index (χ0) is 18.1. The van der Waals surface area contributed by atoms with Crippen molar-refractivity contribution in [3.8, 4) is 17.6 Å². The smallest absolute Gasteiger partial charge is 0.262 e. The van der Waals surface area contributed by atoms with Crippen molar-refractivity contribution >= 4 is 11.6 Å². The Labute approximate surface area is 150 Å². The second kappa shape index (κ2) is 6.37. The Hall–Kier alpha value is -3.59. The van der Waals surface area contributed by atoms with Crippen LogP contribution in [0.15, 0.2) is 54.9 Å². The molecule has 6 heteroatoms. The Morgan fingerprint density at radius 3 is 2.88 bits per heavy atom. The fraction of sp³-hybridized carbons (Fsp3) is 0.150. The second-order valence-corrected chi connectivity index (χ2v) is 6.11. The normalized spacial score (nSPS) is 12.5. The average molecular weight is 344 g/mol. The highest BCUT2D eigenvalue weighted by Gasteiger charge is 2.27. The Kier molecular flexibility index (Phi) is 3.90. The number of aryl methyl sites for hydroxylation is 1. The summed E-state index contributed by atoms with van der Waals surface area (Å²) in [7, 11) is 1.80. The Bertz CT molecular complexity index is 1030. The van der Waals surface area contributed by atoms with Gasteiger partial charge in [-0.05, 0) is 36.2 Å². The summed E-state index contributed by atoms with van der Waals surface area (Å²) < 4.78 is 7.50. The number of aromatic nitrogens is 2. The molecule has 128 valence electrons. The maximum absolute atomic E-state index is 13.2. The topological polar surface area (TPSA) is 71.2 Å². The summed E-state index contributed by atoms with van der Waals surface area (Å²) in [6.07, 6.45) is 4.12. The van der Waals surface area contributed by atoms with Gasteiger partial charge in [-0.25, -0.2) is 0 Å². The van der Waals surface area contributed by atoms with E-state index >= 15 is 0 Å². The first kappa shape index (κ1) is 15.9. The van der Waals surface area contributed by atoms with Gasteiger partial charge in [-0.1, -0.05) is 18.2 Å². The molecule has 26 heavy (non-hydrogen) atoms. The number of benzene rings is 2. The molecule has 1 aromatic heterocycles. The van der Waals surface area contributed by atoms with Gasteiger partial charge in [-0.3, -0.25) is 9.48 Å². The fourth-order valence-corrected chi connectivity index (χ4v) is 3.12. The molecule has 0 aliphatic carbocycles. The number of nitrogens with zero attached hydrogens (tertiary/aromatic N) is 4. The van der Waals surface area contributed by atoms with E-state index in [0.29, 0.717) is 29.2 Å². The van der Waals surface area contributed by atoms with E-state index in [1.165, 1.54) is 0 Å². The number of hydrogen-bond acceptors (Lipinski definition) is 4. The number of amides is 1. The summed E-state index contributed by atoms with van der Waals surface area (Å²) in [4.78, 5) is 14.9. The number of carbonyl (C=O) groups is 1. The number of anilines is 1. The quantitative estimate of drug-likeness (QED) is 0.731. The van der Waals surface area contributed by atoms with Crippen LogP contribution >= 0.6 is 0 Å². The summed E-state index contributed by atoms with van der Waals surface area (Å²) >= 11 is 0. The summed E-state index contributed by atoms with van der Waals surface area (Å²) in [5.41, 5.74) is 2.89. The molecule has 1 aliphatic rings. The summed E-state index contributed by atoms with van der Waals surface area (Å²) in [5.74, 6) is 0.912. The van der Waals surface area contributed by atoms with Crippen molar-refractivity contribution in [2.75, 3.05) is 11.4 Å². The van der Waals surface area contributed by atoms with Crippen molar-refractivity contribution in [2.45, 2.75) is 6.42 Å². The highest BCUT2D eigenvalue weighted by molar-refractivity contribution is 6.09. The molecule has 4 rings (SSSR count). The third kappa shape index (κ3) is 2.80. The molecule has 0 bridgehead atoms. The van der Waals surface area contributed by atoms with Crippen LogP contribution in [0.3, 0.4) is 0 Å². The zero-order valence-corrected chi connectivity index (χ0v) is 14.2. The van der Waals surface area contributed by atoms with E-state index < -0.39 is 0 Å². The van der Waals surface area contributed by atoms with E-state index in [2.05, 4.69) is 11.2 Å². The molecule has 0 saturated carbocycles. The third-order valence-corrected chi connectivity index (χ3v) is 4.38. The van der Waals surface area contributed by atoms with Crippen molar-refractivity contribution in [1.82, 2.24) is 9.78 Å². The van der Waals surface area contributed by atoms with Crippen LogP contribution in [0.2, 0.25) is 0 Å². The van der Waals surface area contributed by atoms with Crippen molar-refractivity contribution in [1.29, 1.82) is 5.26 Å². The minimum absolute atomic E-state index is 0.140. The fourth-order valence-electron chi connectivity index (χ4n) is 3.12. The van der Waals surface area contributed by atoms with Gasteiger partial charge in [0.25, 0.3) is 5.91 Å². The number of fused-ring (bicyclic) bond motifs is 1. The van der Waals surface area contributed by atoms with Gasteiger partial charge in [-0.15, -0.1) is 0 Å². The lowest BCUT2D eigenvalue weighted by Crippen LogP contribution is -2.29. The summed E-state index contributed by atoms with van der Waals surface area (Å²) in [6.45, 7) is 0.588. The van der Waals surface area contributed by atoms with Gasteiger partial charge < -0.3 is 9.64 Å². The van der Waals surface area contributed by atoms with Gasteiger partial charge in [0.05, 0.1) is 29.6 Å². The van der Waals surface area contributed by atoms with E-state index in [1.54, 1.807) is 53.3 Å². The summed E-state index contributed by atoms with van der Waals surface area (Å²) in [6, 6.07) is 14.8. The molecule has 1 amide bonds. The van der Waals surface area contributed by atoms with Gasteiger partial charge in [0.2, 0.25) is 0 Å². The SMILES string of the molecule is Cn1cc(Oc2ccccc2C(=O)N2CCc3ccc(C#N)cc32)cn1. The number of rotatable bonds is 3. The van der Waals surface area contributed by atoms with Gasteiger partial charge >= 0.3 is 0 Å². The second-order valence-electron chi connectivity index (χ2n) is 6.11. The van der Waals surface area contributed by atoms with Crippen LogP contribution in [0.5, 0.6) is 11.5 Å². The molecule has 0 radical (unpaired) electrons. The van der Waals surface area contributed by atoms with Crippen molar-refractivity contribution in [3.63, 3.8) is 0 Å². The van der Waals surface area contributed by atoms with E-state index in [0.717, 1.165) is 17.7 Å². The van der Waals surface area contributed by atoms with E-state index in [9.17, 15) is 4.79 Å². The van der Waals surface area contributed by atoms with Crippen molar-refractivity contribution < 1.29 is 9.53 Å². The number of nitriles is 1. The van der Waals surface area contributed by atoms with Gasteiger partial charge in [0.15, 0.2) is 5.75 Å². The Morgan fingerprint density at radius 2 is 2.12 bits per heavy atom. The lowest BCUT2D eigenvalue weighted by atomic mass is 10.1. The zero-order valence-electron chi connectivity index (χ0n) is 14.2. The van der Waals surface area contributed by atoms with Gasteiger partial charge in [0.1, 0.15) is 5.75 Å². The lowest BCUT2D eigenvalue weighted by Gasteiger charge is -2.19. The minimum atomic E-state index is -0.140. The highest BCUT2D eigenvalue weighted by atomic mass is 16.5. The van der Waals surface area contributed by atoms with E-state index in [-0.39, 0.29) is 5.91 Å². The summed E-state index contributed by atoms with van der Waals surface area (Å²) in [5, 5.41) is 13.2. The molecular formula is C20H16N4O2. The van der Waals surface area contributed by atoms with Gasteiger partial charge in [0, 0.05) is 19.3 Å². The van der Waals surface area contributed by atoms with Crippen LogP contribution in [-0.2, 0) is 13.5 Å². The number of carbonyl (C=O) groups excluding carboxylic acids is 1. The van der Waals surface area contributed by atoms with Crippen LogP contribution in [0.1, 0.15) is 21.5 Å². The molecule has 0 unspecified atom stereocenters. The molecule has 6 nitrogen and oxygen atoms in total. The molecule has 0 spiro atoms. The molecule has 0 N–H and O–H groups in total. The first-order chi connectivity index (χ1) is 12.7. The Morgan fingerprint density at radius 1 is 1.27 bits per heavy atom. The van der Waals surface area contributed by atoms with Crippen molar-refractivity contribution in [3.05, 3.63) is 71.5 Å². The molecule has 1 aliphatic heterocycles. The first-order valence-electron chi connectivity index (χ1n) is 8.26. The third-order valence-electron chi connectivity index (χ3n) is 4.38. The van der Waals surface area contributed by atoms with Crippen LogP contribution in [0, 0.1) is 11.3 Å². The van der Waals surface area contributed by atoms with E-state index in [4.69, 9.17) is 10.00 Å². The van der Waals surface area contributed by atoms with Crippen LogP contribution in [0.25, 0.3) is 0 Å². The maximum atomic E-state index is 13.2. The number of ether oxygens (including phenoxy) is 1. The average Bonchev–Trinajstić information content (AvgIpc) is 3.27. The van der Waals surface area contributed by atoms with Gasteiger partial charge in [-0.2, -0.15) is 10.4 Å². The van der Waals surface area contributed by atoms with Crippen LogP contribution in [0.4, 0.5) is 5.69 Å². The predicted molar refractivity (Wildman–Crippen MR) is 96.3 cm³/mol. The number of para-hydroxylation sites is 1.